The van der Waals surface area contributed by atoms with Crippen molar-refractivity contribution < 1.29 is 9.53 Å². The minimum Gasteiger partial charge on any atom is -0.459 e. The Morgan fingerprint density at radius 1 is 0.900 bits per heavy atom. The standard InChI is InChI=1S/C18H36O2/c1-9-13-14-18(12-4,16(5,6)10-2)15(19)20-17(7,8)11-3/h9-14H2,1-8H3. The lowest BCUT2D eigenvalue weighted by molar-refractivity contribution is -0.179. The van der Waals surface area contributed by atoms with E-state index >= 15 is 0 Å². The van der Waals surface area contributed by atoms with Crippen LogP contribution in [0.5, 0.6) is 0 Å². The third-order valence-electron chi connectivity index (χ3n) is 5.35. The van der Waals surface area contributed by atoms with E-state index in [1.807, 2.05) is 13.8 Å². The van der Waals surface area contributed by atoms with Gasteiger partial charge in [0, 0.05) is 0 Å². The normalized spacial score (nSPS) is 15.8. The van der Waals surface area contributed by atoms with Crippen LogP contribution < -0.4 is 0 Å². The lowest BCUT2D eigenvalue weighted by atomic mass is 9.60. The summed E-state index contributed by atoms with van der Waals surface area (Å²) in [5.41, 5.74) is -0.754. The van der Waals surface area contributed by atoms with E-state index in [4.69, 9.17) is 4.74 Å². The smallest absolute Gasteiger partial charge is 0.313 e. The molecule has 1 atom stereocenters. The molecule has 2 nitrogen and oxygen atoms in total. The van der Waals surface area contributed by atoms with Gasteiger partial charge in [-0.25, -0.2) is 0 Å². The number of hydrogen-bond donors (Lipinski definition) is 0. The molecule has 0 heterocycles. The van der Waals surface area contributed by atoms with Crippen molar-refractivity contribution >= 4 is 5.97 Å². The van der Waals surface area contributed by atoms with Gasteiger partial charge in [-0.2, -0.15) is 0 Å². The van der Waals surface area contributed by atoms with Crippen LogP contribution >= 0.6 is 0 Å². The molecule has 0 bridgehead atoms. The lowest BCUT2D eigenvalue weighted by Gasteiger charge is -2.45. The zero-order valence-electron chi connectivity index (χ0n) is 15.1. The van der Waals surface area contributed by atoms with E-state index in [0.29, 0.717) is 0 Å². The monoisotopic (exact) mass is 284 g/mol. The van der Waals surface area contributed by atoms with E-state index in [-0.39, 0.29) is 22.4 Å². The molecule has 0 saturated carbocycles. The van der Waals surface area contributed by atoms with E-state index < -0.39 is 0 Å². The second-order valence-corrected chi connectivity index (χ2v) is 7.28. The van der Waals surface area contributed by atoms with E-state index in [9.17, 15) is 4.79 Å². The first-order valence-electron chi connectivity index (χ1n) is 8.36. The van der Waals surface area contributed by atoms with Gasteiger partial charge in [-0.15, -0.1) is 0 Å². The van der Waals surface area contributed by atoms with Crippen LogP contribution in [0.3, 0.4) is 0 Å². The fraction of sp³-hybridized carbons (Fsp3) is 0.944. The molecule has 0 spiro atoms. The molecule has 0 aromatic heterocycles. The van der Waals surface area contributed by atoms with Crippen molar-refractivity contribution in [2.75, 3.05) is 0 Å². The average molecular weight is 284 g/mol. The Kier molecular flexibility index (Phi) is 7.27. The molecule has 0 radical (unpaired) electrons. The van der Waals surface area contributed by atoms with Crippen LogP contribution in [0.1, 0.15) is 93.9 Å². The van der Waals surface area contributed by atoms with Crippen LogP contribution in [0.4, 0.5) is 0 Å². The summed E-state index contributed by atoms with van der Waals surface area (Å²) in [5, 5.41) is 0. The fourth-order valence-electron chi connectivity index (χ4n) is 2.75. The average Bonchev–Trinajstić information content (AvgIpc) is 2.39. The summed E-state index contributed by atoms with van der Waals surface area (Å²) in [4.78, 5) is 13.0. The molecule has 0 aromatic rings. The van der Waals surface area contributed by atoms with Crippen molar-refractivity contribution in [3.8, 4) is 0 Å². The maximum absolute atomic E-state index is 13.0. The highest BCUT2D eigenvalue weighted by molar-refractivity contribution is 5.78. The Morgan fingerprint density at radius 2 is 1.45 bits per heavy atom. The zero-order chi connectivity index (χ0) is 16.0. The van der Waals surface area contributed by atoms with Crippen molar-refractivity contribution in [2.24, 2.45) is 10.8 Å². The number of ether oxygens (including phenoxy) is 1. The van der Waals surface area contributed by atoms with Crippen molar-refractivity contribution in [1.29, 1.82) is 0 Å². The summed E-state index contributed by atoms with van der Waals surface area (Å²) in [6.45, 7) is 17.0. The van der Waals surface area contributed by atoms with Gasteiger partial charge in [0.2, 0.25) is 0 Å². The molecule has 0 aliphatic carbocycles. The Bertz CT molecular complexity index is 305. The Hall–Kier alpha value is -0.530. The van der Waals surface area contributed by atoms with Gasteiger partial charge in [0.25, 0.3) is 0 Å². The van der Waals surface area contributed by atoms with Gasteiger partial charge in [-0.05, 0) is 44.9 Å². The first-order valence-corrected chi connectivity index (χ1v) is 8.36. The van der Waals surface area contributed by atoms with E-state index in [1.54, 1.807) is 0 Å². The topological polar surface area (TPSA) is 26.3 Å². The molecular formula is C18H36O2. The Morgan fingerprint density at radius 3 is 1.80 bits per heavy atom. The highest BCUT2D eigenvalue weighted by Crippen LogP contribution is 2.49. The van der Waals surface area contributed by atoms with E-state index in [2.05, 4.69) is 41.5 Å². The van der Waals surface area contributed by atoms with E-state index in [0.717, 1.165) is 38.5 Å². The van der Waals surface area contributed by atoms with Crippen LogP contribution in [0.2, 0.25) is 0 Å². The van der Waals surface area contributed by atoms with E-state index in [1.165, 1.54) is 0 Å². The van der Waals surface area contributed by atoms with Gasteiger partial charge in [0.15, 0.2) is 0 Å². The van der Waals surface area contributed by atoms with Crippen LogP contribution in [0.25, 0.3) is 0 Å². The number of carbonyl (C=O) groups excluding carboxylic acids is 1. The Balaban J connectivity index is 5.45. The highest BCUT2D eigenvalue weighted by Gasteiger charge is 2.50. The molecule has 0 aromatic carbocycles. The molecule has 20 heavy (non-hydrogen) atoms. The van der Waals surface area contributed by atoms with Crippen LogP contribution in [-0.4, -0.2) is 11.6 Å². The quantitative estimate of drug-likeness (QED) is 0.504. The van der Waals surface area contributed by atoms with Gasteiger partial charge < -0.3 is 4.74 Å². The summed E-state index contributed by atoms with van der Waals surface area (Å²) in [6.07, 6.45) is 5.82. The summed E-state index contributed by atoms with van der Waals surface area (Å²) in [5.74, 6) is 0.00662. The number of unbranched alkanes of at least 4 members (excludes halogenated alkanes) is 1. The fourth-order valence-corrected chi connectivity index (χ4v) is 2.75. The summed E-state index contributed by atoms with van der Waals surface area (Å²) in [6, 6.07) is 0. The molecule has 0 saturated heterocycles. The predicted molar refractivity (Wildman–Crippen MR) is 86.8 cm³/mol. The number of carbonyl (C=O) groups is 1. The maximum atomic E-state index is 13.0. The summed E-state index contributed by atoms with van der Waals surface area (Å²) < 4.78 is 5.89. The molecule has 2 heteroatoms. The molecule has 0 aliphatic heterocycles. The summed E-state index contributed by atoms with van der Waals surface area (Å²) >= 11 is 0. The number of esters is 1. The Labute approximate surface area is 126 Å². The minimum absolute atomic E-state index is 0.00662. The first-order chi connectivity index (χ1) is 9.12. The van der Waals surface area contributed by atoms with Crippen LogP contribution in [-0.2, 0) is 9.53 Å². The van der Waals surface area contributed by atoms with Gasteiger partial charge >= 0.3 is 5.97 Å². The maximum Gasteiger partial charge on any atom is 0.313 e. The third kappa shape index (κ3) is 4.23. The molecule has 120 valence electrons. The van der Waals surface area contributed by atoms with Gasteiger partial charge in [0.1, 0.15) is 5.60 Å². The third-order valence-corrected chi connectivity index (χ3v) is 5.35. The molecule has 0 rings (SSSR count). The molecule has 0 N–H and O–H groups in total. The molecule has 0 amide bonds. The number of hydrogen-bond acceptors (Lipinski definition) is 2. The lowest BCUT2D eigenvalue weighted by Crippen LogP contribution is -2.47. The van der Waals surface area contributed by atoms with Crippen molar-refractivity contribution in [3.05, 3.63) is 0 Å². The molecule has 1 unspecified atom stereocenters. The van der Waals surface area contributed by atoms with Crippen molar-refractivity contribution in [2.45, 2.75) is 99.5 Å². The van der Waals surface area contributed by atoms with Crippen molar-refractivity contribution in [1.82, 2.24) is 0 Å². The minimum atomic E-state index is -0.368. The molecule has 0 fully saturated rings. The largest absolute Gasteiger partial charge is 0.459 e. The SMILES string of the molecule is CCCCC(CC)(C(=O)OC(C)(C)CC)C(C)(C)CC. The highest BCUT2D eigenvalue weighted by atomic mass is 16.6. The first kappa shape index (κ1) is 19.5. The second kappa shape index (κ2) is 7.47. The number of rotatable bonds is 9. The predicted octanol–water partition coefficient (Wildman–Crippen LogP) is 5.74. The van der Waals surface area contributed by atoms with Crippen LogP contribution in [0.15, 0.2) is 0 Å². The van der Waals surface area contributed by atoms with Crippen LogP contribution in [0, 0.1) is 10.8 Å². The van der Waals surface area contributed by atoms with Crippen molar-refractivity contribution in [3.63, 3.8) is 0 Å². The van der Waals surface area contributed by atoms with Gasteiger partial charge in [-0.3, -0.25) is 4.79 Å². The summed E-state index contributed by atoms with van der Waals surface area (Å²) in [7, 11) is 0. The van der Waals surface area contributed by atoms with Gasteiger partial charge in [-0.1, -0.05) is 54.4 Å². The second-order valence-electron chi connectivity index (χ2n) is 7.28. The molecular weight excluding hydrogens is 248 g/mol. The van der Waals surface area contributed by atoms with Gasteiger partial charge in [0.05, 0.1) is 5.41 Å². The molecule has 0 aliphatic rings. The zero-order valence-corrected chi connectivity index (χ0v) is 15.1.